The van der Waals surface area contributed by atoms with Crippen LogP contribution in [0.1, 0.15) is 17.4 Å². The third-order valence-electron chi connectivity index (χ3n) is 3.65. The smallest absolute Gasteiger partial charge is 0.127 e. The molecule has 2 aromatic heterocycles. The normalized spacial score (nSPS) is 19.8. The van der Waals surface area contributed by atoms with Gasteiger partial charge in [-0.1, -0.05) is 0 Å². The van der Waals surface area contributed by atoms with Crippen LogP contribution in [0.2, 0.25) is 0 Å². The lowest BCUT2D eigenvalue weighted by Crippen LogP contribution is -2.46. The number of aryl methyl sites for hydroxylation is 2. The van der Waals surface area contributed by atoms with E-state index in [2.05, 4.69) is 38.1 Å². The first kappa shape index (κ1) is 15.0. The molecule has 1 saturated heterocycles. The minimum Gasteiger partial charge on any atom is -0.337 e. The molecule has 20 heavy (non-hydrogen) atoms. The summed E-state index contributed by atoms with van der Waals surface area (Å²) in [6.07, 6.45) is 7.90. The van der Waals surface area contributed by atoms with Crippen molar-refractivity contribution in [3.05, 3.63) is 36.2 Å². The molecule has 1 atom stereocenters. The molecule has 1 aliphatic rings. The van der Waals surface area contributed by atoms with E-state index in [1.54, 1.807) is 0 Å². The molecule has 0 bridgehead atoms. The van der Waals surface area contributed by atoms with Crippen molar-refractivity contribution in [2.75, 3.05) is 19.6 Å². The van der Waals surface area contributed by atoms with Gasteiger partial charge in [0.15, 0.2) is 0 Å². The van der Waals surface area contributed by atoms with Gasteiger partial charge in [-0.05, 0) is 0 Å². The summed E-state index contributed by atoms with van der Waals surface area (Å²) in [6.45, 7) is 3.94. The van der Waals surface area contributed by atoms with Gasteiger partial charge in [0, 0.05) is 64.4 Å². The SMILES string of the molecule is Cl.Cn1cc(CN2CCNCC2c2nccn2C)cn1. The monoisotopic (exact) mass is 296 g/mol. The van der Waals surface area contributed by atoms with E-state index >= 15 is 0 Å². The first-order valence-corrected chi connectivity index (χ1v) is 6.63. The molecule has 0 amide bonds. The van der Waals surface area contributed by atoms with E-state index in [4.69, 9.17) is 0 Å². The molecule has 1 fully saturated rings. The highest BCUT2D eigenvalue weighted by Crippen LogP contribution is 2.22. The van der Waals surface area contributed by atoms with Gasteiger partial charge in [0.2, 0.25) is 0 Å². The molecular weight excluding hydrogens is 276 g/mol. The summed E-state index contributed by atoms with van der Waals surface area (Å²) < 4.78 is 3.96. The van der Waals surface area contributed by atoms with E-state index in [-0.39, 0.29) is 12.4 Å². The fourth-order valence-electron chi connectivity index (χ4n) is 2.68. The Morgan fingerprint density at radius 3 is 2.90 bits per heavy atom. The third-order valence-corrected chi connectivity index (χ3v) is 3.65. The predicted molar refractivity (Wildman–Crippen MR) is 79.7 cm³/mol. The summed E-state index contributed by atoms with van der Waals surface area (Å²) in [6, 6.07) is 0.328. The molecule has 1 unspecified atom stereocenters. The molecule has 0 saturated carbocycles. The Balaban J connectivity index is 0.00000147. The zero-order chi connectivity index (χ0) is 13.2. The number of imidazole rings is 1. The predicted octanol–water partition coefficient (Wildman–Crippen LogP) is 0.722. The Kier molecular flexibility index (Phi) is 4.80. The average Bonchev–Trinajstić information content (AvgIpc) is 2.99. The highest BCUT2D eigenvalue weighted by atomic mass is 35.5. The van der Waals surface area contributed by atoms with Crippen molar-refractivity contribution < 1.29 is 0 Å². The zero-order valence-electron chi connectivity index (χ0n) is 11.9. The maximum absolute atomic E-state index is 4.50. The van der Waals surface area contributed by atoms with Crippen molar-refractivity contribution in [3.63, 3.8) is 0 Å². The maximum Gasteiger partial charge on any atom is 0.127 e. The van der Waals surface area contributed by atoms with Gasteiger partial charge in [0.05, 0.1) is 12.2 Å². The molecular formula is C13H21ClN6. The van der Waals surface area contributed by atoms with Gasteiger partial charge in [-0.2, -0.15) is 5.10 Å². The van der Waals surface area contributed by atoms with Crippen LogP contribution in [-0.4, -0.2) is 43.9 Å². The lowest BCUT2D eigenvalue weighted by Gasteiger charge is -2.35. The minimum absolute atomic E-state index is 0. The highest BCUT2D eigenvalue weighted by Gasteiger charge is 2.26. The molecule has 110 valence electrons. The lowest BCUT2D eigenvalue weighted by atomic mass is 10.1. The molecule has 0 spiro atoms. The van der Waals surface area contributed by atoms with Gasteiger partial charge in [-0.3, -0.25) is 9.58 Å². The van der Waals surface area contributed by atoms with E-state index in [1.165, 1.54) is 5.56 Å². The molecule has 6 nitrogen and oxygen atoms in total. The van der Waals surface area contributed by atoms with Crippen molar-refractivity contribution in [3.8, 4) is 0 Å². The van der Waals surface area contributed by atoms with Gasteiger partial charge in [-0.25, -0.2) is 4.98 Å². The van der Waals surface area contributed by atoms with Crippen molar-refractivity contribution in [1.82, 2.24) is 29.5 Å². The van der Waals surface area contributed by atoms with Gasteiger partial charge >= 0.3 is 0 Å². The number of halogens is 1. The van der Waals surface area contributed by atoms with E-state index in [0.29, 0.717) is 6.04 Å². The Bertz CT molecular complexity index is 549. The van der Waals surface area contributed by atoms with Gasteiger partial charge in [0.25, 0.3) is 0 Å². The number of aromatic nitrogens is 4. The first-order valence-electron chi connectivity index (χ1n) is 6.63. The largest absolute Gasteiger partial charge is 0.337 e. The number of hydrogen-bond donors (Lipinski definition) is 1. The molecule has 3 heterocycles. The Morgan fingerprint density at radius 1 is 1.40 bits per heavy atom. The number of hydrogen-bond acceptors (Lipinski definition) is 4. The summed E-state index contributed by atoms with van der Waals surface area (Å²) in [5.41, 5.74) is 1.25. The fourth-order valence-corrected chi connectivity index (χ4v) is 2.68. The second kappa shape index (κ2) is 6.39. The number of piperazine rings is 1. The molecule has 1 N–H and O–H groups in total. The average molecular weight is 297 g/mol. The van der Waals surface area contributed by atoms with E-state index in [9.17, 15) is 0 Å². The molecule has 7 heteroatoms. The molecule has 0 aliphatic carbocycles. The third kappa shape index (κ3) is 3.03. The van der Waals surface area contributed by atoms with Crippen molar-refractivity contribution in [2.24, 2.45) is 14.1 Å². The Labute approximate surface area is 125 Å². The summed E-state index contributed by atoms with van der Waals surface area (Å²) in [5, 5.41) is 7.70. The topological polar surface area (TPSA) is 50.9 Å². The zero-order valence-corrected chi connectivity index (χ0v) is 12.7. The Hall–Kier alpha value is -1.37. The Morgan fingerprint density at radius 2 is 2.25 bits per heavy atom. The summed E-state index contributed by atoms with van der Waals surface area (Å²) in [7, 11) is 4.01. The van der Waals surface area contributed by atoms with Crippen LogP contribution in [0.3, 0.4) is 0 Å². The van der Waals surface area contributed by atoms with E-state index in [0.717, 1.165) is 32.0 Å². The van der Waals surface area contributed by atoms with Crippen molar-refractivity contribution >= 4 is 12.4 Å². The number of nitrogens with one attached hydrogen (secondary N) is 1. The van der Waals surface area contributed by atoms with Gasteiger partial charge < -0.3 is 9.88 Å². The summed E-state index contributed by atoms with van der Waals surface area (Å²) >= 11 is 0. The van der Waals surface area contributed by atoms with Crippen molar-refractivity contribution in [2.45, 2.75) is 12.6 Å². The van der Waals surface area contributed by atoms with Crippen LogP contribution in [0.15, 0.2) is 24.8 Å². The first-order chi connectivity index (χ1) is 9.24. The molecule has 0 aromatic carbocycles. The second-order valence-electron chi connectivity index (χ2n) is 5.11. The van der Waals surface area contributed by atoms with Crippen LogP contribution in [0.25, 0.3) is 0 Å². The summed E-state index contributed by atoms with van der Waals surface area (Å²) in [4.78, 5) is 6.97. The summed E-state index contributed by atoms with van der Waals surface area (Å²) in [5.74, 6) is 1.12. The number of rotatable bonds is 3. The van der Waals surface area contributed by atoms with Crippen LogP contribution in [0.5, 0.6) is 0 Å². The highest BCUT2D eigenvalue weighted by molar-refractivity contribution is 5.85. The molecule has 2 aromatic rings. The molecule has 3 rings (SSSR count). The van der Waals surface area contributed by atoms with Crippen LogP contribution in [0, 0.1) is 0 Å². The quantitative estimate of drug-likeness (QED) is 0.907. The molecule has 0 radical (unpaired) electrons. The van der Waals surface area contributed by atoms with E-state index < -0.39 is 0 Å². The van der Waals surface area contributed by atoms with E-state index in [1.807, 2.05) is 30.3 Å². The number of nitrogens with zero attached hydrogens (tertiary/aromatic N) is 5. The minimum atomic E-state index is 0. The lowest BCUT2D eigenvalue weighted by molar-refractivity contribution is 0.144. The van der Waals surface area contributed by atoms with Crippen LogP contribution in [0.4, 0.5) is 0 Å². The van der Waals surface area contributed by atoms with Crippen molar-refractivity contribution in [1.29, 1.82) is 0 Å². The molecule has 1 aliphatic heterocycles. The maximum atomic E-state index is 4.50. The van der Waals surface area contributed by atoms with Crippen LogP contribution < -0.4 is 5.32 Å². The standard InChI is InChI=1S/C13H20N6.ClH/c1-17-5-4-15-13(17)12-8-14-3-6-19(12)10-11-7-16-18(2)9-11;/h4-5,7,9,12,14H,3,6,8,10H2,1-2H3;1H. The fraction of sp³-hybridized carbons (Fsp3) is 0.538. The van der Waals surface area contributed by atoms with Crippen LogP contribution in [-0.2, 0) is 20.6 Å². The van der Waals surface area contributed by atoms with Gasteiger partial charge in [0.1, 0.15) is 5.82 Å². The second-order valence-corrected chi connectivity index (χ2v) is 5.11. The van der Waals surface area contributed by atoms with Gasteiger partial charge in [-0.15, -0.1) is 12.4 Å². The van der Waals surface area contributed by atoms with Crippen LogP contribution >= 0.6 is 12.4 Å².